The molecule has 0 aromatic carbocycles. The fraction of sp³-hybridized carbons (Fsp3) is 1.00. The number of likely N-dealkylation sites (N-methyl/N-ethyl adjacent to an activating group) is 1. The van der Waals surface area contributed by atoms with Gasteiger partial charge < -0.3 is 5.32 Å². The van der Waals surface area contributed by atoms with Gasteiger partial charge in [-0.1, -0.05) is 20.3 Å². The van der Waals surface area contributed by atoms with E-state index >= 15 is 0 Å². The van der Waals surface area contributed by atoms with Crippen molar-refractivity contribution in [3.8, 4) is 0 Å². The van der Waals surface area contributed by atoms with Gasteiger partial charge in [0, 0.05) is 19.1 Å². The van der Waals surface area contributed by atoms with Crippen molar-refractivity contribution in [3.05, 3.63) is 0 Å². The van der Waals surface area contributed by atoms with Crippen molar-refractivity contribution >= 4 is 0 Å². The summed E-state index contributed by atoms with van der Waals surface area (Å²) in [6.07, 6.45) is 5.53. The first-order chi connectivity index (χ1) is 7.27. The molecule has 15 heavy (non-hydrogen) atoms. The lowest BCUT2D eigenvalue weighted by molar-refractivity contribution is 0.206. The molecule has 0 radical (unpaired) electrons. The summed E-state index contributed by atoms with van der Waals surface area (Å²) >= 11 is 0. The summed E-state index contributed by atoms with van der Waals surface area (Å²) in [7, 11) is 0. The molecule has 1 atom stereocenters. The molecule has 0 bridgehead atoms. The molecule has 2 heteroatoms. The highest BCUT2D eigenvalue weighted by molar-refractivity contribution is 4.79. The lowest BCUT2D eigenvalue weighted by Crippen LogP contribution is -2.41. The zero-order valence-electron chi connectivity index (χ0n) is 10.8. The molecule has 90 valence electrons. The first-order valence-corrected chi connectivity index (χ1v) is 6.72. The van der Waals surface area contributed by atoms with Crippen LogP contribution in [0.3, 0.4) is 0 Å². The van der Waals surface area contributed by atoms with Gasteiger partial charge in [-0.25, -0.2) is 0 Å². The molecule has 1 fully saturated rings. The highest BCUT2D eigenvalue weighted by atomic mass is 15.2. The van der Waals surface area contributed by atoms with Crippen LogP contribution < -0.4 is 5.32 Å². The SMILES string of the molecule is CCCCNCC(C)N(CC)CC1CC1. The highest BCUT2D eigenvalue weighted by Crippen LogP contribution is 2.30. The van der Waals surface area contributed by atoms with Crippen LogP contribution >= 0.6 is 0 Å². The van der Waals surface area contributed by atoms with Crippen LogP contribution in [0.5, 0.6) is 0 Å². The fourth-order valence-corrected chi connectivity index (χ4v) is 1.99. The minimum atomic E-state index is 0.701. The van der Waals surface area contributed by atoms with Gasteiger partial charge >= 0.3 is 0 Å². The van der Waals surface area contributed by atoms with Crippen LogP contribution in [0.4, 0.5) is 0 Å². The number of hydrogen-bond donors (Lipinski definition) is 1. The Morgan fingerprint density at radius 3 is 2.60 bits per heavy atom. The van der Waals surface area contributed by atoms with E-state index in [-0.39, 0.29) is 0 Å². The second kappa shape index (κ2) is 7.24. The molecule has 1 saturated carbocycles. The van der Waals surface area contributed by atoms with Gasteiger partial charge in [0.25, 0.3) is 0 Å². The Morgan fingerprint density at radius 2 is 2.07 bits per heavy atom. The maximum absolute atomic E-state index is 3.55. The number of hydrogen-bond acceptors (Lipinski definition) is 2. The number of nitrogens with zero attached hydrogens (tertiary/aromatic N) is 1. The van der Waals surface area contributed by atoms with Crippen LogP contribution in [0, 0.1) is 5.92 Å². The van der Waals surface area contributed by atoms with E-state index in [1.165, 1.54) is 45.3 Å². The molecule has 0 aromatic rings. The first-order valence-electron chi connectivity index (χ1n) is 6.72. The standard InChI is InChI=1S/C13H28N2/c1-4-6-9-14-10-12(3)15(5-2)11-13-7-8-13/h12-14H,4-11H2,1-3H3. The molecular formula is C13H28N2. The smallest absolute Gasteiger partial charge is 0.0192 e. The van der Waals surface area contributed by atoms with Crippen LogP contribution in [0.15, 0.2) is 0 Å². The van der Waals surface area contributed by atoms with E-state index in [2.05, 4.69) is 31.0 Å². The van der Waals surface area contributed by atoms with E-state index < -0.39 is 0 Å². The Balaban J connectivity index is 2.08. The van der Waals surface area contributed by atoms with Crippen LogP contribution in [-0.2, 0) is 0 Å². The quantitative estimate of drug-likeness (QED) is 0.591. The van der Waals surface area contributed by atoms with Crippen molar-refractivity contribution in [3.63, 3.8) is 0 Å². The molecule has 0 aliphatic heterocycles. The molecule has 0 heterocycles. The van der Waals surface area contributed by atoms with Gasteiger partial charge in [0.2, 0.25) is 0 Å². The van der Waals surface area contributed by atoms with Gasteiger partial charge in [0.1, 0.15) is 0 Å². The van der Waals surface area contributed by atoms with Gasteiger partial charge in [0.15, 0.2) is 0 Å². The third-order valence-corrected chi connectivity index (χ3v) is 3.37. The summed E-state index contributed by atoms with van der Waals surface area (Å²) in [5, 5.41) is 3.55. The largest absolute Gasteiger partial charge is 0.315 e. The predicted molar refractivity (Wildman–Crippen MR) is 67.2 cm³/mol. The Labute approximate surface area is 95.4 Å². The lowest BCUT2D eigenvalue weighted by atomic mass is 10.2. The van der Waals surface area contributed by atoms with Gasteiger partial charge in [-0.05, 0) is 45.2 Å². The predicted octanol–water partition coefficient (Wildman–Crippen LogP) is 2.50. The molecule has 2 nitrogen and oxygen atoms in total. The van der Waals surface area contributed by atoms with Gasteiger partial charge in [0.05, 0.1) is 0 Å². The Kier molecular flexibility index (Phi) is 6.26. The van der Waals surface area contributed by atoms with Crippen LogP contribution in [0.25, 0.3) is 0 Å². The Morgan fingerprint density at radius 1 is 1.33 bits per heavy atom. The molecule has 1 N–H and O–H groups in total. The average Bonchev–Trinajstić information content (AvgIpc) is 3.04. The molecule has 1 unspecified atom stereocenters. The highest BCUT2D eigenvalue weighted by Gasteiger charge is 2.25. The van der Waals surface area contributed by atoms with Crippen molar-refractivity contribution < 1.29 is 0 Å². The zero-order chi connectivity index (χ0) is 11.1. The summed E-state index contributed by atoms with van der Waals surface area (Å²) in [6, 6.07) is 0.701. The Hall–Kier alpha value is -0.0800. The van der Waals surface area contributed by atoms with E-state index in [1.54, 1.807) is 0 Å². The summed E-state index contributed by atoms with van der Waals surface area (Å²) in [5.74, 6) is 1.02. The summed E-state index contributed by atoms with van der Waals surface area (Å²) in [4.78, 5) is 2.62. The summed E-state index contributed by atoms with van der Waals surface area (Å²) in [5.41, 5.74) is 0. The van der Waals surface area contributed by atoms with E-state index in [9.17, 15) is 0 Å². The minimum absolute atomic E-state index is 0.701. The van der Waals surface area contributed by atoms with E-state index in [0.29, 0.717) is 6.04 Å². The van der Waals surface area contributed by atoms with Crippen molar-refractivity contribution in [1.82, 2.24) is 10.2 Å². The van der Waals surface area contributed by atoms with Crippen LogP contribution in [-0.4, -0.2) is 37.1 Å². The first kappa shape index (κ1) is 13.0. The molecule has 0 amide bonds. The third kappa shape index (κ3) is 5.53. The molecule has 1 aliphatic carbocycles. The monoisotopic (exact) mass is 212 g/mol. The van der Waals surface area contributed by atoms with E-state index in [1.807, 2.05) is 0 Å². The average molecular weight is 212 g/mol. The second-order valence-corrected chi connectivity index (χ2v) is 4.94. The normalized spacial score (nSPS) is 18.4. The maximum atomic E-state index is 3.55. The second-order valence-electron chi connectivity index (χ2n) is 4.94. The number of rotatable bonds is 9. The fourth-order valence-electron chi connectivity index (χ4n) is 1.99. The zero-order valence-corrected chi connectivity index (χ0v) is 10.8. The van der Waals surface area contributed by atoms with Crippen LogP contribution in [0.2, 0.25) is 0 Å². The molecular weight excluding hydrogens is 184 g/mol. The Bertz CT molecular complexity index is 155. The lowest BCUT2D eigenvalue weighted by Gasteiger charge is -2.28. The van der Waals surface area contributed by atoms with Crippen molar-refractivity contribution in [2.24, 2.45) is 5.92 Å². The summed E-state index contributed by atoms with van der Waals surface area (Å²) in [6.45, 7) is 11.7. The van der Waals surface area contributed by atoms with Crippen molar-refractivity contribution in [2.45, 2.75) is 52.5 Å². The van der Waals surface area contributed by atoms with Crippen molar-refractivity contribution in [1.29, 1.82) is 0 Å². The van der Waals surface area contributed by atoms with E-state index in [4.69, 9.17) is 0 Å². The van der Waals surface area contributed by atoms with Crippen LogP contribution in [0.1, 0.15) is 46.5 Å². The maximum Gasteiger partial charge on any atom is 0.0192 e. The molecule has 0 aromatic heterocycles. The van der Waals surface area contributed by atoms with Crippen molar-refractivity contribution in [2.75, 3.05) is 26.2 Å². The molecule has 1 aliphatic rings. The summed E-state index contributed by atoms with van der Waals surface area (Å²) < 4.78 is 0. The van der Waals surface area contributed by atoms with Gasteiger partial charge in [-0.3, -0.25) is 4.90 Å². The van der Waals surface area contributed by atoms with Gasteiger partial charge in [-0.2, -0.15) is 0 Å². The third-order valence-electron chi connectivity index (χ3n) is 3.37. The molecule has 0 saturated heterocycles. The number of unbranched alkanes of at least 4 members (excludes halogenated alkanes) is 1. The minimum Gasteiger partial charge on any atom is -0.315 e. The van der Waals surface area contributed by atoms with Gasteiger partial charge in [-0.15, -0.1) is 0 Å². The molecule has 1 rings (SSSR count). The van der Waals surface area contributed by atoms with E-state index in [0.717, 1.165) is 12.5 Å². The number of nitrogens with one attached hydrogen (secondary N) is 1. The molecule has 0 spiro atoms. The topological polar surface area (TPSA) is 15.3 Å².